The van der Waals surface area contributed by atoms with Crippen molar-refractivity contribution in [1.82, 2.24) is 0 Å². The summed E-state index contributed by atoms with van der Waals surface area (Å²) in [5.41, 5.74) is -0.584. The maximum Gasteiger partial charge on any atom is 0.328 e. The molecule has 0 aliphatic rings. The van der Waals surface area contributed by atoms with E-state index < -0.39 is 13.3 Å². The molecule has 2 atom stereocenters. The Kier molecular flexibility index (Phi) is 8.85. The van der Waals surface area contributed by atoms with Crippen LogP contribution in [0.2, 0.25) is 0 Å². The molecule has 3 nitrogen and oxygen atoms in total. The number of hydrogen-bond donors (Lipinski definition) is 2. The van der Waals surface area contributed by atoms with Gasteiger partial charge in [-0.05, 0) is 18.8 Å². The summed E-state index contributed by atoms with van der Waals surface area (Å²) in [5, 5.41) is 0. The average Bonchev–Trinajstić information content (AvgIpc) is 2.25. The minimum Gasteiger partial charge on any atom is -0.324 e. The largest absolute Gasteiger partial charge is 0.328 e. The number of allylic oxidation sites excluding steroid dienone is 2. The van der Waals surface area contributed by atoms with Gasteiger partial charge in [-0.25, -0.2) is 0 Å². The molecule has 0 heterocycles. The molecule has 0 rings (SSSR count). The van der Waals surface area contributed by atoms with E-state index in [0.29, 0.717) is 0 Å². The van der Waals surface area contributed by atoms with Crippen molar-refractivity contribution in [3.05, 3.63) is 12.2 Å². The fraction of sp³-hybridized carbons (Fsp3) is 0.846. The maximum atomic E-state index is 11.0. The molecular formula is C13H27O3P. The third-order valence-corrected chi connectivity index (χ3v) is 4.74. The highest BCUT2D eigenvalue weighted by Crippen LogP contribution is 2.44. The van der Waals surface area contributed by atoms with Crippen LogP contribution in [0.3, 0.4) is 0 Å². The van der Waals surface area contributed by atoms with Crippen molar-refractivity contribution in [1.29, 1.82) is 0 Å². The molecule has 2 unspecified atom stereocenters. The summed E-state index contributed by atoms with van der Waals surface area (Å²) in [7, 11) is -3.93. The normalized spacial score (nSPS) is 16.3. The van der Waals surface area contributed by atoms with Crippen molar-refractivity contribution in [2.45, 2.75) is 65.0 Å². The van der Waals surface area contributed by atoms with E-state index in [1.54, 1.807) is 6.92 Å². The van der Waals surface area contributed by atoms with Gasteiger partial charge >= 0.3 is 7.60 Å². The van der Waals surface area contributed by atoms with E-state index >= 15 is 0 Å². The molecule has 0 aliphatic heterocycles. The standard InChI is InChI=1S/C13H27O3P/c1-4-5-6-7-8-9-10-11-12(2)13(3)17(14,15)16/h10-13H,4-9H2,1-3H3,(H2,14,15,16). The molecule has 0 aromatic heterocycles. The van der Waals surface area contributed by atoms with Crippen molar-refractivity contribution in [3.63, 3.8) is 0 Å². The Morgan fingerprint density at radius 3 is 2.24 bits per heavy atom. The lowest BCUT2D eigenvalue weighted by Crippen LogP contribution is -2.12. The van der Waals surface area contributed by atoms with Gasteiger partial charge in [0.15, 0.2) is 0 Å². The average molecular weight is 262 g/mol. The molecule has 0 saturated carbocycles. The van der Waals surface area contributed by atoms with Crippen molar-refractivity contribution >= 4 is 7.60 Å². The molecule has 0 aliphatic carbocycles. The number of unbranched alkanes of at least 4 members (excludes halogenated alkanes) is 5. The van der Waals surface area contributed by atoms with E-state index in [1.807, 2.05) is 13.0 Å². The van der Waals surface area contributed by atoms with Crippen LogP contribution in [-0.4, -0.2) is 15.4 Å². The van der Waals surface area contributed by atoms with Crippen LogP contribution < -0.4 is 0 Å². The van der Waals surface area contributed by atoms with E-state index in [9.17, 15) is 4.57 Å². The smallest absolute Gasteiger partial charge is 0.324 e. The van der Waals surface area contributed by atoms with Gasteiger partial charge in [0.2, 0.25) is 0 Å². The highest BCUT2D eigenvalue weighted by molar-refractivity contribution is 7.52. The van der Waals surface area contributed by atoms with Crippen LogP contribution in [0.5, 0.6) is 0 Å². The fourth-order valence-corrected chi connectivity index (χ4v) is 2.36. The van der Waals surface area contributed by atoms with Crippen LogP contribution in [0, 0.1) is 5.92 Å². The lowest BCUT2D eigenvalue weighted by Gasteiger charge is -2.17. The van der Waals surface area contributed by atoms with Gasteiger partial charge in [0.25, 0.3) is 0 Å². The Labute approximate surface area is 105 Å². The summed E-state index contributed by atoms with van der Waals surface area (Å²) >= 11 is 0. The molecule has 102 valence electrons. The van der Waals surface area contributed by atoms with E-state index in [0.717, 1.165) is 6.42 Å². The third kappa shape index (κ3) is 8.59. The summed E-state index contributed by atoms with van der Waals surface area (Å²) < 4.78 is 11.0. The molecule has 4 heteroatoms. The molecule has 0 spiro atoms. The van der Waals surface area contributed by atoms with Crippen LogP contribution in [0.4, 0.5) is 0 Å². The molecule has 17 heavy (non-hydrogen) atoms. The minimum absolute atomic E-state index is 0.0634. The molecule has 0 aromatic rings. The first-order valence-corrected chi connectivity index (χ1v) is 8.29. The van der Waals surface area contributed by atoms with Crippen molar-refractivity contribution < 1.29 is 14.4 Å². The van der Waals surface area contributed by atoms with Gasteiger partial charge in [-0.1, -0.05) is 58.6 Å². The zero-order valence-electron chi connectivity index (χ0n) is 11.3. The summed E-state index contributed by atoms with van der Waals surface area (Å²) in [6.07, 6.45) is 11.3. The Bertz CT molecular complexity index is 257. The highest BCUT2D eigenvalue weighted by atomic mass is 31.2. The Morgan fingerprint density at radius 1 is 1.12 bits per heavy atom. The lowest BCUT2D eigenvalue weighted by molar-refractivity contribution is 0.351. The number of rotatable bonds is 9. The Balaban J connectivity index is 3.74. The first-order valence-electron chi connectivity index (χ1n) is 6.61. The molecule has 0 amide bonds. The van der Waals surface area contributed by atoms with Crippen LogP contribution in [-0.2, 0) is 4.57 Å². The summed E-state index contributed by atoms with van der Waals surface area (Å²) in [5.74, 6) is -0.0634. The second-order valence-corrected chi connectivity index (χ2v) is 6.81. The molecule has 0 bridgehead atoms. The second-order valence-electron chi connectivity index (χ2n) is 4.82. The molecular weight excluding hydrogens is 235 g/mol. The minimum atomic E-state index is -3.93. The van der Waals surface area contributed by atoms with E-state index in [2.05, 4.69) is 13.0 Å². The summed E-state index contributed by atoms with van der Waals surface area (Å²) in [6.45, 7) is 5.67. The molecule has 0 saturated heterocycles. The highest BCUT2D eigenvalue weighted by Gasteiger charge is 2.27. The first kappa shape index (κ1) is 16.9. The Hall–Kier alpha value is -0.110. The zero-order chi connectivity index (χ0) is 13.3. The number of hydrogen-bond acceptors (Lipinski definition) is 1. The molecule has 2 N–H and O–H groups in total. The van der Waals surface area contributed by atoms with Crippen molar-refractivity contribution in [2.75, 3.05) is 0 Å². The van der Waals surface area contributed by atoms with E-state index in [1.165, 1.54) is 32.1 Å². The SMILES string of the molecule is CCCCCCCC=CC(C)C(C)P(=O)(O)O. The van der Waals surface area contributed by atoms with Crippen molar-refractivity contribution in [3.8, 4) is 0 Å². The second kappa shape index (κ2) is 8.91. The molecule has 0 fully saturated rings. The Morgan fingerprint density at radius 2 is 1.71 bits per heavy atom. The van der Waals surface area contributed by atoms with Crippen LogP contribution in [0.1, 0.15) is 59.3 Å². The van der Waals surface area contributed by atoms with Gasteiger partial charge < -0.3 is 9.79 Å². The van der Waals surface area contributed by atoms with Crippen molar-refractivity contribution in [2.24, 2.45) is 5.92 Å². The topological polar surface area (TPSA) is 57.5 Å². The van der Waals surface area contributed by atoms with Crippen LogP contribution in [0.25, 0.3) is 0 Å². The van der Waals surface area contributed by atoms with Gasteiger partial charge in [0.05, 0.1) is 5.66 Å². The van der Waals surface area contributed by atoms with E-state index in [4.69, 9.17) is 9.79 Å². The monoisotopic (exact) mass is 262 g/mol. The predicted molar refractivity (Wildman–Crippen MR) is 73.2 cm³/mol. The van der Waals surface area contributed by atoms with Gasteiger partial charge in [-0.15, -0.1) is 0 Å². The summed E-state index contributed by atoms with van der Waals surface area (Å²) in [4.78, 5) is 18.1. The molecule has 0 radical (unpaired) electrons. The summed E-state index contributed by atoms with van der Waals surface area (Å²) in [6, 6.07) is 0. The van der Waals surface area contributed by atoms with Gasteiger partial charge in [0, 0.05) is 0 Å². The lowest BCUT2D eigenvalue weighted by atomic mass is 10.1. The van der Waals surface area contributed by atoms with Crippen LogP contribution >= 0.6 is 7.60 Å². The quantitative estimate of drug-likeness (QED) is 0.373. The predicted octanol–water partition coefficient (Wildman–Crippen LogP) is 4.11. The third-order valence-electron chi connectivity index (χ3n) is 3.21. The maximum absolute atomic E-state index is 11.0. The van der Waals surface area contributed by atoms with Gasteiger partial charge in [-0.2, -0.15) is 0 Å². The van der Waals surface area contributed by atoms with Gasteiger partial charge in [-0.3, -0.25) is 4.57 Å². The molecule has 0 aromatic carbocycles. The fourth-order valence-electron chi connectivity index (χ4n) is 1.64. The van der Waals surface area contributed by atoms with Gasteiger partial charge in [0.1, 0.15) is 0 Å². The first-order chi connectivity index (χ1) is 7.89. The van der Waals surface area contributed by atoms with Crippen LogP contribution in [0.15, 0.2) is 12.2 Å². The zero-order valence-corrected chi connectivity index (χ0v) is 12.2. The van der Waals surface area contributed by atoms with E-state index in [-0.39, 0.29) is 5.92 Å².